The topological polar surface area (TPSA) is 62.3 Å². The molecule has 3 aromatic rings. The minimum absolute atomic E-state index is 0.0355. The van der Waals surface area contributed by atoms with Crippen LogP contribution in [0.4, 0.5) is 10.5 Å². The number of nitrogens with one attached hydrogen (secondary N) is 1. The molecule has 5 nitrogen and oxygen atoms in total. The Morgan fingerprint density at radius 3 is 2.46 bits per heavy atom. The molecule has 0 spiro atoms. The maximum atomic E-state index is 12.3. The zero-order valence-corrected chi connectivity index (χ0v) is 17.3. The zero-order valence-electron chi connectivity index (χ0n) is 15.7. The van der Waals surface area contributed by atoms with Gasteiger partial charge in [-0.1, -0.05) is 30.3 Å². The number of amides is 2. The van der Waals surface area contributed by atoms with Crippen molar-refractivity contribution in [2.24, 2.45) is 0 Å². The van der Waals surface area contributed by atoms with Gasteiger partial charge in [0, 0.05) is 36.5 Å². The van der Waals surface area contributed by atoms with E-state index in [0.29, 0.717) is 5.69 Å². The highest BCUT2D eigenvalue weighted by Gasteiger charge is 2.10. The summed E-state index contributed by atoms with van der Waals surface area (Å²) in [4.78, 5) is 30.9. The van der Waals surface area contributed by atoms with Gasteiger partial charge in [0.1, 0.15) is 0 Å². The normalized spacial score (nSPS) is 10.5. The number of aromatic nitrogens is 1. The Hall–Kier alpha value is -2.64. The number of carbonyl (C=O) groups is 2. The predicted octanol–water partition coefficient (Wildman–Crippen LogP) is 4.69. The Labute approximate surface area is 172 Å². The second kappa shape index (κ2) is 9.52. The third-order valence-corrected chi connectivity index (χ3v) is 5.79. The van der Waals surface area contributed by atoms with E-state index in [2.05, 4.69) is 22.4 Å². The minimum atomic E-state index is -0.110. The lowest BCUT2D eigenvalue weighted by atomic mass is 10.2. The number of rotatable bonds is 6. The second-order valence-corrected chi connectivity index (χ2v) is 8.37. The third-order valence-electron chi connectivity index (χ3n) is 3.85. The van der Waals surface area contributed by atoms with Gasteiger partial charge in [-0.25, -0.2) is 4.98 Å². The number of thioether (sulfide) groups is 1. The third kappa shape index (κ3) is 5.94. The lowest BCUT2D eigenvalue weighted by Gasteiger charge is -2.09. The summed E-state index contributed by atoms with van der Waals surface area (Å²) in [5.41, 5.74) is 2.68. The van der Waals surface area contributed by atoms with Crippen LogP contribution in [0, 0.1) is 0 Å². The van der Waals surface area contributed by atoms with Crippen molar-refractivity contribution in [2.75, 3.05) is 19.4 Å². The molecule has 1 N–H and O–H groups in total. The van der Waals surface area contributed by atoms with Gasteiger partial charge in [-0.15, -0.1) is 11.3 Å². The summed E-state index contributed by atoms with van der Waals surface area (Å²) in [6.45, 7) is 0. The van der Waals surface area contributed by atoms with Crippen molar-refractivity contribution in [3.05, 3.63) is 76.2 Å². The highest BCUT2D eigenvalue weighted by molar-refractivity contribution is 8.13. The molecule has 144 valence electrons. The maximum absolute atomic E-state index is 12.3. The van der Waals surface area contributed by atoms with Crippen LogP contribution in [-0.4, -0.2) is 35.1 Å². The number of benzene rings is 2. The van der Waals surface area contributed by atoms with Crippen molar-refractivity contribution in [3.8, 4) is 0 Å². The smallest absolute Gasteiger partial charge is 0.285 e. The lowest BCUT2D eigenvalue weighted by Crippen LogP contribution is -2.16. The van der Waals surface area contributed by atoms with E-state index in [9.17, 15) is 9.59 Å². The quantitative estimate of drug-likeness (QED) is 0.598. The van der Waals surface area contributed by atoms with Crippen LogP contribution < -0.4 is 5.32 Å². The first-order valence-electron chi connectivity index (χ1n) is 8.76. The summed E-state index contributed by atoms with van der Waals surface area (Å²) < 4.78 is 0. The van der Waals surface area contributed by atoms with Gasteiger partial charge in [0.2, 0.25) is 5.91 Å². The van der Waals surface area contributed by atoms with Gasteiger partial charge in [0.15, 0.2) is 0 Å². The average molecular weight is 412 g/mol. The van der Waals surface area contributed by atoms with E-state index in [-0.39, 0.29) is 17.6 Å². The van der Waals surface area contributed by atoms with Crippen molar-refractivity contribution in [3.63, 3.8) is 0 Å². The fraction of sp³-hybridized carbons (Fsp3) is 0.190. The van der Waals surface area contributed by atoms with Crippen molar-refractivity contribution in [1.29, 1.82) is 0 Å². The van der Waals surface area contributed by atoms with E-state index in [1.165, 1.54) is 10.5 Å². The molecule has 7 heteroatoms. The molecule has 3 rings (SSSR count). The molecule has 0 unspecified atom stereocenters. The van der Waals surface area contributed by atoms with Crippen LogP contribution >= 0.6 is 23.1 Å². The first-order chi connectivity index (χ1) is 13.5. The summed E-state index contributed by atoms with van der Waals surface area (Å²) in [6.07, 6.45) is 1.01. The minimum Gasteiger partial charge on any atom is -0.339 e. The molecule has 0 atom stereocenters. The Balaban J connectivity index is 1.52. The Kier molecular flexibility index (Phi) is 6.84. The van der Waals surface area contributed by atoms with Crippen LogP contribution in [0.25, 0.3) is 0 Å². The van der Waals surface area contributed by atoms with Gasteiger partial charge in [-0.3, -0.25) is 9.59 Å². The first kappa shape index (κ1) is 20.1. The van der Waals surface area contributed by atoms with Crippen LogP contribution in [0.5, 0.6) is 0 Å². The Bertz CT molecular complexity index is 938. The van der Waals surface area contributed by atoms with Crippen molar-refractivity contribution in [1.82, 2.24) is 9.88 Å². The molecule has 1 aromatic heterocycles. The summed E-state index contributed by atoms with van der Waals surface area (Å²) in [5.74, 6) is -0.110. The fourth-order valence-electron chi connectivity index (χ4n) is 2.45. The number of carbonyl (C=O) groups excluding carboxylic acids is 2. The molecule has 0 aliphatic heterocycles. The van der Waals surface area contributed by atoms with E-state index >= 15 is 0 Å². The molecular weight excluding hydrogens is 390 g/mol. The van der Waals surface area contributed by atoms with Crippen LogP contribution in [0.2, 0.25) is 0 Å². The number of anilines is 1. The monoisotopic (exact) mass is 411 g/mol. The average Bonchev–Trinajstić information content (AvgIpc) is 3.10. The molecule has 0 saturated heterocycles. The molecule has 0 radical (unpaired) electrons. The fourth-order valence-corrected chi connectivity index (χ4v) is 3.93. The number of thiazole rings is 1. The van der Waals surface area contributed by atoms with Gasteiger partial charge in [0.05, 0.1) is 17.1 Å². The molecule has 2 aromatic carbocycles. The highest BCUT2D eigenvalue weighted by atomic mass is 32.2. The largest absolute Gasteiger partial charge is 0.339 e. The summed E-state index contributed by atoms with van der Waals surface area (Å²) in [6, 6.07) is 17.4. The van der Waals surface area contributed by atoms with E-state index < -0.39 is 0 Å². The Morgan fingerprint density at radius 1 is 1.07 bits per heavy atom. The first-order valence-corrected chi connectivity index (χ1v) is 10.5. The summed E-state index contributed by atoms with van der Waals surface area (Å²) in [5, 5.41) is 5.77. The standard InChI is InChI=1S/C21H21N3O2S2/c1-24(2)21(26)28-18-10-8-16(9-11-18)22-19(25)13-17-14-27-20(23-17)12-15-6-4-3-5-7-15/h3-11,14H,12-13H2,1-2H3,(H,22,25). The number of nitrogens with zero attached hydrogens (tertiary/aromatic N) is 2. The van der Waals surface area contributed by atoms with Crippen molar-refractivity contribution in [2.45, 2.75) is 17.7 Å². The van der Waals surface area contributed by atoms with E-state index in [0.717, 1.165) is 33.8 Å². The van der Waals surface area contributed by atoms with Crippen LogP contribution in [0.15, 0.2) is 64.9 Å². The summed E-state index contributed by atoms with van der Waals surface area (Å²) >= 11 is 2.72. The highest BCUT2D eigenvalue weighted by Crippen LogP contribution is 2.22. The molecule has 28 heavy (non-hydrogen) atoms. The maximum Gasteiger partial charge on any atom is 0.285 e. The molecule has 0 fully saturated rings. The van der Waals surface area contributed by atoms with Crippen LogP contribution in [0.3, 0.4) is 0 Å². The van der Waals surface area contributed by atoms with Gasteiger partial charge >= 0.3 is 0 Å². The molecule has 0 saturated carbocycles. The van der Waals surface area contributed by atoms with E-state index in [1.54, 1.807) is 37.6 Å². The number of hydrogen-bond donors (Lipinski definition) is 1. The van der Waals surface area contributed by atoms with Crippen molar-refractivity contribution >= 4 is 39.9 Å². The van der Waals surface area contributed by atoms with Gasteiger partial charge in [-0.05, 0) is 41.6 Å². The van der Waals surface area contributed by atoms with Gasteiger partial charge < -0.3 is 10.2 Å². The van der Waals surface area contributed by atoms with Crippen LogP contribution in [-0.2, 0) is 17.6 Å². The molecular formula is C21H21N3O2S2. The second-order valence-electron chi connectivity index (χ2n) is 6.41. The SMILES string of the molecule is CN(C)C(=O)Sc1ccc(NC(=O)Cc2csc(Cc3ccccc3)n2)cc1. The van der Waals surface area contributed by atoms with E-state index in [4.69, 9.17) is 0 Å². The molecule has 2 amide bonds. The zero-order chi connectivity index (χ0) is 19.9. The van der Waals surface area contributed by atoms with Gasteiger partial charge in [-0.2, -0.15) is 0 Å². The number of hydrogen-bond acceptors (Lipinski definition) is 5. The Morgan fingerprint density at radius 2 is 1.79 bits per heavy atom. The molecule has 0 aliphatic carbocycles. The van der Waals surface area contributed by atoms with E-state index in [1.807, 2.05) is 35.7 Å². The molecule has 1 heterocycles. The molecule has 0 aliphatic rings. The molecule has 0 bridgehead atoms. The van der Waals surface area contributed by atoms with Crippen LogP contribution in [0.1, 0.15) is 16.3 Å². The predicted molar refractivity (Wildman–Crippen MR) is 115 cm³/mol. The van der Waals surface area contributed by atoms with Crippen molar-refractivity contribution < 1.29 is 9.59 Å². The lowest BCUT2D eigenvalue weighted by molar-refractivity contribution is -0.115. The van der Waals surface area contributed by atoms with Gasteiger partial charge in [0.25, 0.3) is 5.24 Å². The summed E-state index contributed by atoms with van der Waals surface area (Å²) in [7, 11) is 3.43.